The molecule has 0 atom stereocenters. The molecule has 0 aliphatic heterocycles. The van der Waals surface area contributed by atoms with Crippen LogP contribution in [0.1, 0.15) is 49.4 Å². The minimum Gasteiger partial charge on any atom is -0.465 e. The molecule has 4 nitrogen and oxygen atoms in total. The van der Waals surface area contributed by atoms with E-state index in [4.69, 9.17) is 5.73 Å². The van der Waals surface area contributed by atoms with E-state index in [0.29, 0.717) is 5.69 Å². The summed E-state index contributed by atoms with van der Waals surface area (Å²) in [6.07, 6.45) is 5.57. The van der Waals surface area contributed by atoms with Crippen LogP contribution in [0.15, 0.2) is 12.1 Å². The molecular formula is C16H23FN2O2. The average Bonchev–Trinajstić information content (AvgIpc) is 2.50. The highest BCUT2D eigenvalue weighted by molar-refractivity contribution is 5.96. The maximum absolute atomic E-state index is 14.0. The summed E-state index contributed by atoms with van der Waals surface area (Å²) in [7, 11) is 1.28. The fourth-order valence-electron chi connectivity index (χ4n) is 2.92. The summed E-state index contributed by atoms with van der Waals surface area (Å²) in [6, 6.07) is 2.87. The van der Waals surface area contributed by atoms with Gasteiger partial charge in [-0.1, -0.05) is 13.3 Å². The van der Waals surface area contributed by atoms with E-state index in [1.165, 1.54) is 25.7 Å². The van der Waals surface area contributed by atoms with Crippen LogP contribution in [0.25, 0.3) is 0 Å². The molecule has 21 heavy (non-hydrogen) atoms. The lowest BCUT2D eigenvalue weighted by atomic mass is 9.84. The summed E-state index contributed by atoms with van der Waals surface area (Å²) in [4.78, 5) is 11.6. The number of nitrogen functional groups attached to an aromatic ring is 1. The van der Waals surface area contributed by atoms with Crippen molar-refractivity contribution in [1.29, 1.82) is 0 Å². The van der Waals surface area contributed by atoms with Gasteiger partial charge in [0.2, 0.25) is 0 Å². The Hall–Kier alpha value is -1.78. The van der Waals surface area contributed by atoms with Crippen molar-refractivity contribution in [2.24, 2.45) is 5.92 Å². The lowest BCUT2D eigenvalue weighted by Gasteiger charge is -2.29. The Morgan fingerprint density at radius 1 is 1.38 bits per heavy atom. The van der Waals surface area contributed by atoms with Crippen LogP contribution >= 0.6 is 0 Å². The quantitative estimate of drug-likeness (QED) is 0.658. The van der Waals surface area contributed by atoms with Gasteiger partial charge in [-0.15, -0.1) is 0 Å². The van der Waals surface area contributed by atoms with Gasteiger partial charge in [0.25, 0.3) is 0 Å². The molecule has 0 saturated heterocycles. The molecule has 1 aromatic carbocycles. The highest BCUT2D eigenvalue weighted by Crippen LogP contribution is 2.30. The molecule has 1 aliphatic carbocycles. The van der Waals surface area contributed by atoms with E-state index in [9.17, 15) is 9.18 Å². The molecule has 0 spiro atoms. The number of nitrogens with one attached hydrogen (secondary N) is 1. The Morgan fingerprint density at radius 3 is 2.62 bits per heavy atom. The second-order valence-corrected chi connectivity index (χ2v) is 5.68. The number of anilines is 2. The summed E-state index contributed by atoms with van der Waals surface area (Å²) in [5.74, 6) is -0.201. The molecule has 0 unspecified atom stereocenters. The number of hydrogen-bond acceptors (Lipinski definition) is 4. The van der Waals surface area contributed by atoms with Gasteiger partial charge in [-0.2, -0.15) is 0 Å². The normalized spacial score (nSPS) is 21.9. The summed E-state index contributed by atoms with van der Waals surface area (Å²) in [5, 5.41) is 3.20. The molecule has 5 heteroatoms. The van der Waals surface area contributed by atoms with Gasteiger partial charge in [-0.3, -0.25) is 0 Å². The van der Waals surface area contributed by atoms with Crippen LogP contribution in [0, 0.1) is 11.7 Å². The third-order valence-corrected chi connectivity index (χ3v) is 4.33. The number of methoxy groups -OCH3 is 1. The van der Waals surface area contributed by atoms with E-state index < -0.39 is 11.8 Å². The average molecular weight is 294 g/mol. The topological polar surface area (TPSA) is 64.3 Å². The predicted molar refractivity (Wildman–Crippen MR) is 81.8 cm³/mol. The van der Waals surface area contributed by atoms with Crippen molar-refractivity contribution >= 4 is 17.3 Å². The van der Waals surface area contributed by atoms with Crippen LogP contribution in [0.2, 0.25) is 0 Å². The van der Waals surface area contributed by atoms with Gasteiger partial charge in [-0.05, 0) is 43.7 Å². The third kappa shape index (κ3) is 3.65. The van der Waals surface area contributed by atoms with Crippen LogP contribution in [-0.4, -0.2) is 19.1 Å². The first-order valence-electron chi connectivity index (χ1n) is 7.49. The minimum absolute atomic E-state index is 0.0968. The van der Waals surface area contributed by atoms with E-state index >= 15 is 0 Å². The molecule has 0 heterocycles. The molecule has 116 valence electrons. The van der Waals surface area contributed by atoms with Gasteiger partial charge >= 0.3 is 5.97 Å². The lowest BCUT2D eigenvalue weighted by molar-refractivity contribution is 0.0602. The smallest absolute Gasteiger partial charge is 0.340 e. The van der Waals surface area contributed by atoms with E-state index in [2.05, 4.69) is 17.0 Å². The number of halogens is 1. The first kappa shape index (κ1) is 15.6. The number of benzene rings is 1. The Morgan fingerprint density at radius 2 is 2.05 bits per heavy atom. The number of esters is 1. The molecule has 0 bridgehead atoms. The van der Waals surface area contributed by atoms with E-state index in [0.717, 1.165) is 31.6 Å². The lowest BCUT2D eigenvalue weighted by Crippen LogP contribution is -2.26. The largest absolute Gasteiger partial charge is 0.465 e. The van der Waals surface area contributed by atoms with Crippen molar-refractivity contribution in [2.75, 3.05) is 18.2 Å². The molecule has 0 radical (unpaired) electrons. The highest BCUT2D eigenvalue weighted by Gasteiger charge is 2.22. The number of ether oxygens (including phenoxy) is 1. The molecule has 1 fully saturated rings. The number of nitrogens with two attached hydrogens (primary N) is 1. The van der Waals surface area contributed by atoms with Crippen molar-refractivity contribution in [1.82, 2.24) is 0 Å². The molecule has 2 rings (SSSR count). The molecule has 0 aromatic heterocycles. The maximum atomic E-state index is 14.0. The van der Waals surface area contributed by atoms with Gasteiger partial charge in [0.15, 0.2) is 0 Å². The van der Waals surface area contributed by atoms with Crippen molar-refractivity contribution < 1.29 is 13.9 Å². The van der Waals surface area contributed by atoms with Gasteiger partial charge in [0, 0.05) is 11.7 Å². The SMILES string of the molecule is CCC1CCC(Nc2cc(C(=O)OC)c(N)cc2F)CC1. The molecule has 1 aliphatic rings. The van der Waals surface area contributed by atoms with Crippen molar-refractivity contribution in [3.63, 3.8) is 0 Å². The van der Waals surface area contributed by atoms with Crippen molar-refractivity contribution in [3.8, 4) is 0 Å². The Kier molecular flexibility index (Phi) is 5.04. The maximum Gasteiger partial charge on any atom is 0.340 e. The van der Waals surface area contributed by atoms with Crippen molar-refractivity contribution in [2.45, 2.75) is 45.1 Å². The monoisotopic (exact) mass is 294 g/mol. The van der Waals surface area contributed by atoms with Crippen molar-refractivity contribution in [3.05, 3.63) is 23.5 Å². The van der Waals surface area contributed by atoms with Crippen LogP contribution in [0.4, 0.5) is 15.8 Å². The number of rotatable bonds is 4. The summed E-state index contributed by atoms with van der Waals surface area (Å²) < 4.78 is 18.7. The molecule has 1 saturated carbocycles. The first-order chi connectivity index (χ1) is 10.0. The fourth-order valence-corrected chi connectivity index (χ4v) is 2.92. The first-order valence-corrected chi connectivity index (χ1v) is 7.49. The minimum atomic E-state index is -0.551. The molecular weight excluding hydrogens is 271 g/mol. The highest BCUT2D eigenvalue weighted by atomic mass is 19.1. The van der Waals surface area contributed by atoms with Gasteiger partial charge in [0.05, 0.1) is 18.4 Å². The van der Waals surface area contributed by atoms with E-state index in [1.807, 2.05) is 0 Å². The Balaban J connectivity index is 2.11. The number of hydrogen-bond donors (Lipinski definition) is 2. The van der Waals surface area contributed by atoms with E-state index in [-0.39, 0.29) is 17.3 Å². The van der Waals surface area contributed by atoms with Gasteiger partial charge in [-0.25, -0.2) is 9.18 Å². The zero-order chi connectivity index (χ0) is 15.4. The second kappa shape index (κ2) is 6.78. The summed E-state index contributed by atoms with van der Waals surface area (Å²) >= 11 is 0. The number of carbonyl (C=O) groups excluding carboxylic acids is 1. The molecule has 3 N–H and O–H groups in total. The Bertz CT molecular complexity index is 511. The second-order valence-electron chi connectivity index (χ2n) is 5.68. The zero-order valence-corrected chi connectivity index (χ0v) is 12.6. The van der Waals surface area contributed by atoms with Gasteiger partial charge in [0.1, 0.15) is 5.82 Å². The van der Waals surface area contributed by atoms with E-state index in [1.54, 1.807) is 0 Å². The van der Waals surface area contributed by atoms with Crippen LogP contribution in [-0.2, 0) is 4.74 Å². The summed E-state index contributed by atoms with van der Waals surface area (Å²) in [6.45, 7) is 2.21. The zero-order valence-electron chi connectivity index (χ0n) is 12.6. The predicted octanol–water partition coefficient (Wildman–Crippen LogP) is 3.58. The van der Waals surface area contributed by atoms with Crippen LogP contribution < -0.4 is 11.1 Å². The standard InChI is InChI=1S/C16H23FN2O2/c1-3-10-4-6-11(7-5-10)19-15-8-12(16(20)21-2)14(18)9-13(15)17/h8-11,19H,3-7,18H2,1-2H3. The Labute approximate surface area is 124 Å². The number of carbonyl (C=O) groups is 1. The summed E-state index contributed by atoms with van der Waals surface area (Å²) in [5.41, 5.74) is 6.29. The third-order valence-electron chi connectivity index (χ3n) is 4.33. The molecule has 1 aromatic rings. The van der Waals surface area contributed by atoms with Gasteiger partial charge < -0.3 is 15.8 Å². The molecule has 0 amide bonds. The van der Waals surface area contributed by atoms with Crippen LogP contribution in [0.5, 0.6) is 0 Å². The van der Waals surface area contributed by atoms with Crippen LogP contribution in [0.3, 0.4) is 0 Å². The fraction of sp³-hybridized carbons (Fsp3) is 0.562.